The van der Waals surface area contributed by atoms with Gasteiger partial charge in [-0.15, -0.1) is 0 Å². The van der Waals surface area contributed by atoms with Crippen molar-refractivity contribution in [3.63, 3.8) is 0 Å². The molecule has 0 bridgehead atoms. The molecule has 0 fully saturated rings. The van der Waals surface area contributed by atoms with E-state index in [0.717, 1.165) is 0 Å². The first kappa shape index (κ1) is 22.8. The summed E-state index contributed by atoms with van der Waals surface area (Å²) >= 11 is 0. The summed E-state index contributed by atoms with van der Waals surface area (Å²) in [7, 11) is 1.51. The van der Waals surface area contributed by atoms with Crippen molar-refractivity contribution in [3.8, 4) is 0 Å². The molecule has 26 heavy (non-hydrogen) atoms. The van der Waals surface area contributed by atoms with Crippen LogP contribution in [0.3, 0.4) is 0 Å². The summed E-state index contributed by atoms with van der Waals surface area (Å²) in [6.45, 7) is 0.00102. The van der Waals surface area contributed by atoms with Crippen LogP contribution >= 0.6 is 0 Å². The number of rotatable bonds is 5. The Hall–Kier alpha value is -3.24. The van der Waals surface area contributed by atoms with Crippen LogP contribution in [0.5, 0.6) is 0 Å². The molecule has 0 atom stereocenters. The van der Waals surface area contributed by atoms with Gasteiger partial charge in [-0.1, -0.05) is 7.43 Å². The average molecular weight is 366 g/mol. The average Bonchev–Trinajstić information content (AvgIpc) is 2.57. The van der Waals surface area contributed by atoms with Crippen molar-refractivity contribution in [2.45, 2.75) is 20.6 Å². The molecular formula is C16H22N4O6. The Labute approximate surface area is 150 Å². The highest BCUT2D eigenvalue weighted by atomic mass is 16.6. The number of ether oxygens (including phenoxy) is 1. The van der Waals surface area contributed by atoms with Crippen molar-refractivity contribution in [3.05, 3.63) is 67.8 Å². The summed E-state index contributed by atoms with van der Waals surface area (Å²) in [6, 6.07) is 8.26. The maximum Gasteiger partial charge on any atom is 0.269 e. The first-order chi connectivity index (χ1) is 11.8. The van der Waals surface area contributed by atoms with Gasteiger partial charge in [0, 0.05) is 53.9 Å². The van der Waals surface area contributed by atoms with Crippen molar-refractivity contribution < 1.29 is 19.7 Å². The lowest BCUT2D eigenvalue weighted by Gasteiger charge is -2.03. The number of aliphatic hydroxyl groups excluding tert-OH is 1. The van der Waals surface area contributed by atoms with Gasteiger partial charge in [0.2, 0.25) is 0 Å². The highest BCUT2D eigenvalue weighted by Crippen LogP contribution is 2.20. The van der Waals surface area contributed by atoms with Crippen LogP contribution in [0.25, 0.3) is 0 Å². The van der Waals surface area contributed by atoms with E-state index in [1.165, 1.54) is 43.5 Å². The maximum absolute atomic E-state index is 10.4. The van der Waals surface area contributed by atoms with Gasteiger partial charge in [0.15, 0.2) is 0 Å². The molecule has 2 aromatic carbocycles. The number of aliphatic hydroxyl groups is 1. The van der Waals surface area contributed by atoms with Gasteiger partial charge in [-0.25, -0.2) is 0 Å². The molecule has 5 N–H and O–H groups in total. The Kier molecular flexibility index (Phi) is 9.27. The smallest absolute Gasteiger partial charge is 0.269 e. The van der Waals surface area contributed by atoms with E-state index >= 15 is 0 Å². The largest absolute Gasteiger partial charge is 0.398 e. The first-order valence-corrected chi connectivity index (χ1v) is 6.95. The number of nitrogens with two attached hydrogens (primary N) is 2. The summed E-state index contributed by atoms with van der Waals surface area (Å²) in [4.78, 5) is 19.7. The third kappa shape index (κ3) is 6.34. The van der Waals surface area contributed by atoms with Crippen molar-refractivity contribution in [1.29, 1.82) is 0 Å². The van der Waals surface area contributed by atoms with Crippen LogP contribution in [-0.4, -0.2) is 22.1 Å². The van der Waals surface area contributed by atoms with Gasteiger partial charge in [0.1, 0.15) is 0 Å². The zero-order chi connectivity index (χ0) is 19.0. The lowest BCUT2D eigenvalue weighted by molar-refractivity contribution is -0.385. The zero-order valence-electron chi connectivity index (χ0n) is 13.4. The van der Waals surface area contributed by atoms with E-state index in [1.807, 2.05) is 0 Å². The SMILES string of the molecule is C.COCc1cc([N+](=O)[O-])ccc1N.Nc1ccc([N+](=O)[O-])cc1CO. The van der Waals surface area contributed by atoms with Crippen LogP contribution < -0.4 is 11.5 Å². The predicted octanol–water partition coefficient (Wildman–Crippen LogP) is 2.63. The van der Waals surface area contributed by atoms with E-state index in [0.29, 0.717) is 22.5 Å². The molecule has 0 aromatic heterocycles. The van der Waals surface area contributed by atoms with Gasteiger partial charge in [-0.3, -0.25) is 20.2 Å². The molecule has 0 heterocycles. The fourth-order valence-electron chi connectivity index (χ4n) is 1.83. The Morgan fingerprint density at radius 1 is 0.962 bits per heavy atom. The Bertz CT molecular complexity index is 766. The van der Waals surface area contributed by atoms with Crippen molar-refractivity contribution in [2.24, 2.45) is 0 Å². The van der Waals surface area contributed by atoms with Crippen LogP contribution in [-0.2, 0) is 18.0 Å². The third-order valence-electron chi connectivity index (χ3n) is 3.14. The van der Waals surface area contributed by atoms with Gasteiger partial charge < -0.3 is 21.3 Å². The molecule has 0 unspecified atom stereocenters. The predicted molar refractivity (Wildman–Crippen MR) is 98.4 cm³/mol. The quantitative estimate of drug-likeness (QED) is 0.412. The molecule has 0 radical (unpaired) electrons. The molecule has 0 saturated carbocycles. The number of nitro groups is 2. The van der Waals surface area contributed by atoms with Crippen molar-refractivity contribution in [2.75, 3.05) is 18.6 Å². The number of non-ortho nitro benzene ring substituents is 2. The molecule has 2 rings (SSSR count). The lowest BCUT2D eigenvalue weighted by Crippen LogP contribution is -1.97. The normalized spacial score (nSPS) is 9.46. The molecule has 0 aliphatic rings. The van der Waals surface area contributed by atoms with Gasteiger partial charge in [-0.05, 0) is 12.1 Å². The van der Waals surface area contributed by atoms with E-state index in [4.69, 9.17) is 21.3 Å². The van der Waals surface area contributed by atoms with Gasteiger partial charge in [0.05, 0.1) is 23.1 Å². The fraction of sp³-hybridized carbons (Fsp3) is 0.250. The number of nitro benzene ring substituents is 2. The van der Waals surface area contributed by atoms with E-state index in [-0.39, 0.29) is 32.0 Å². The number of nitrogen functional groups attached to an aromatic ring is 2. The molecule has 0 aliphatic heterocycles. The first-order valence-electron chi connectivity index (χ1n) is 6.95. The molecule has 0 saturated heterocycles. The second kappa shape index (κ2) is 10.6. The lowest BCUT2D eigenvalue weighted by atomic mass is 10.2. The van der Waals surface area contributed by atoms with E-state index in [9.17, 15) is 20.2 Å². The van der Waals surface area contributed by atoms with Crippen molar-refractivity contribution in [1.82, 2.24) is 0 Å². The number of methoxy groups -OCH3 is 1. The van der Waals surface area contributed by atoms with E-state index in [1.54, 1.807) is 0 Å². The van der Waals surface area contributed by atoms with Crippen LogP contribution in [0.1, 0.15) is 18.6 Å². The second-order valence-corrected chi connectivity index (χ2v) is 4.87. The third-order valence-corrected chi connectivity index (χ3v) is 3.14. The summed E-state index contributed by atoms with van der Waals surface area (Å²) in [5, 5.41) is 29.4. The fourth-order valence-corrected chi connectivity index (χ4v) is 1.83. The number of benzene rings is 2. The standard InChI is InChI=1S/C8H10N2O3.C7H8N2O3.CH4/c1-13-5-6-4-7(10(11)12)2-3-8(6)9;8-7-2-1-6(9(11)12)3-5(7)4-10;/h2-4H,5,9H2,1H3;1-3,10H,4,8H2;1H4. The molecule has 10 nitrogen and oxygen atoms in total. The number of anilines is 2. The topological polar surface area (TPSA) is 168 Å². The number of hydrogen-bond acceptors (Lipinski definition) is 8. The Morgan fingerprint density at radius 2 is 1.38 bits per heavy atom. The highest BCUT2D eigenvalue weighted by molar-refractivity contribution is 5.53. The Balaban J connectivity index is 0.000000464. The van der Waals surface area contributed by atoms with Crippen LogP contribution in [0.4, 0.5) is 22.7 Å². The molecule has 0 amide bonds. The minimum absolute atomic E-state index is 0. The summed E-state index contributed by atoms with van der Waals surface area (Å²) in [5.41, 5.74) is 12.8. The van der Waals surface area contributed by atoms with Crippen LogP contribution in [0.15, 0.2) is 36.4 Å². The molecule has 0 aliphatic carbocycles. The van der Waals surface area contributed by atoms with Crippen LogP contribution in [0, 0.1) is 20.2 Å². The summed E-state index contributed by atoms with van der Waals surface area (Å²) in [6.07, 6.45) is 0. The number of hydrogen-bond donors (Lipinski definition) is 3. The van der Waals surface area contributed by atoms with Crippen molar-refractivity contribution >= 4 is 22.7 Å². The highest BCUT2D eigenvalue weighted by Gasteiger charge is 2.08. The maximum atomic E-state index is 10.4. The molecule has 2 aromatic rings. The minimum Gasteiger partial charge on any atom is -0.398 e. The number of nitrogens with zero attached hydrogens (tertiary/aromatic N) is 2. The molecular weight excluding hydrogens is 344 g/mol. The monoisotopic (exact) mass is 366 g/mol. The minimum atomic E-state index is -0.529. The molecule has 10 heteroatoms. The van der Waals surface area contributed by atoms with Gasteiger partial charge in [-0.2, -0.15) is 0 Å². The molecule has 142 valence electrons. The summed E-state index contributed by atoms with van der Waals surface area (Å²) < 4.78 is 4.84. The van der Waals surface area contributed by atoms with Gasteiger partial charge >= 0.3 is 0 Å². The Morgan fingerprint density at radius 3 is 1.77 bits per heavy atom. The zero-order valence-corrected chi connectivity index (χ0v) is 13.4. The molecule has 0 spiro atoms. The van der Waals surface area contributed by atoms with Crippen LogP contribution in [0.2, 0.25) is 0 Å². The van der Waals surface area contributed by atoms with Gasteiger partial charge in [0.25, 0.3) is 11.4 Å². The van der Waals surface area contributed by atoms with E-state index < -0.39 is 9.85 Å². The van der Waals surface area contributed by atoms with E-state index in [2.05, 4.69) is 0 Å². The summed E-state index contributed by atoms with van der Waals surface area (Å²) in [5.74, 6) is 0. The second-order valence-electron chi connectivity index (χ2n) is 4.87.